The molecule has 4 heteroatoms. The Morgan fingerprint density at radius 2 is 0.688 bits per heavy atom. The molecule has 1 nitrogen and oxygen atoms in total. The Kier molecular flexibility index (Phi) is 13.9. The molecular formula is C28H30AlNP2. The van der Waals surface area contributed by atoms with Crippen molar-refractivity contribution in [1.82, 2.24) is 3.88 Å². The molecule has 0 radical (unpaired) electrons. The van der Waals surface area contributed by atoms with Gasteiger partial charge in [0.25, 0.3) is 0 Å². The smallest absolute Gasteiger partial charge is 0.0624 e. The minimum atomic E-state index is 1.13. The summed E-state index contributed by atoms with van der Waals surface area (Å²) < 4.78 is 2.17. The second-order valence-electron chi connectivity index (χ2n) is 6.79. The molecule has 0 saturated carbocycles. The van der Waals surface area contributed by atoms with E-state index in [1.807, 2.05) is 24.3 Å². The van der Waals surface area contributed by atoms with E-state index in [0.717, 1.165) is 13.1 Å². The van der Waals surface area contributed by atoms with Crippen LogP contribution in [-0.4, -0.2) is 33.5 Å². The molecule has 160 valence electrons. The van der Waals surface area contributed by atoms with Gasteiger partial charge in [-0.15, -0.1) is 0 Å². The third-order valence-corrected chi connectivity index (χ3v) is 7.31. The zero-order valence-corrected chi connectivity index (χ0v) is 21.8. The van der Waals surface area contributed by atoms with Crippen molar-refractivity contribution in [2.75, 3.05) is 13.1 Å². The van der Waals surface area contributed by atoms with Crippen LogP contribution in [0.1, 0.15) is 13.8 Å². The first-order chi connectivity index (χ1) is 15.7. The van der Waals surface area contributed by atoms with Crippen molar-refractivity contribution >= 4 is 54.9 Å². The Morgan fingerprint density at radius 1 is 0.469 bits per heavy atom. The van der Waals surface area contributed by atoms with Gasteiger partial charge in [0.2, 0.25) is 0 Å². The zero-order valence-electron chi connectivity index (χ0n) is 18.9. The molecule has 0 bridgehead atoms. The van der Waals surface area contributed by atoms with Gasteiger partial charge >= 0.3 is 47.3 Å². The quantitative estimate of drug-likeness (QED) is 0.263. The molecule has 0 aliphatic carbocycles. The van der Waals surface area contributed by atoms with Crippen molar-refractivity contribution in [3.63, 3.8) is 0 Å². The molecule has 0 fully saturated rings. The van der Waals surface area contributed by atoms with Crippen molar-refractivity contribution in [2.24, 2.45) is 0 Å². The summed E-state index contributed by atoms with van der Waals surface area (Å²) in [7, 11) is 2.56. The summed E-state index contributed by atoms with van der Waals surface area (Å²) in [6, 6.07) is 42.0. The van der Waals surface area contributed by atoms with Gasteiger partial charge in [-0.2, -0.15) is 0 Å². The van der Waals surface area contributed by atoms with Crippen molar-refractivity contribution < 1.29 is 0 Å². The van der Waals surface area contributed by atoms with E-state index in [4.69, 9.17) is 0 Å². The van der Waals surface area contributed by atoms with Gasteiger partial charge in [0.05, 0.1) is 0 Å². The summed E-state index contributed by atoms with van der Waals surface area (Å²) in [5.74, 6) is 0. The summed E-state index contributed by atoms with van der Waals surface area (Å²) in [5.41, 5.74) is 0. The fraction of sp³-hybridized carbons (Fsp3) is 0.143. The molecule has 0 N–H and O–H groups in total. The topological polar surface area (TPSA) is 3.24 Å². The van der Waals surface area contributed by atoms with Crippen LogP contribution in [0.3, 0.4) is 0 Å². The summed E-state index contributed by atoms with van der Waals surface area (Å²) >= 11 is 2.64. The summed E-state index contributed by atoms with van der Waals surface area (Å²) in [6.07, 6.45) is 0. The molecule has 0 aliphatic heterocycles. The number of rotatable bonds is 6. The van der Waals surface area contributed by atoms with Gasteiger partial charge in [-0.1, -0.05) is 121 Å². The van der Waals surface area contributed by atoms with Gasteiger partial charge in [0.15, 0.2) is 0 Å². The molecule has 0 unspecified atom stereocenters. The number of hydrogen-bond acceptors (Lipinski definition) is 1. The number of hydrogen-bond donors (Lipinski definition) is 0. The standard InChI is InChI=1S/2C12H10P.C4H10N.Al/c2*1-3-7-11(8-4-1)13-12-9-5-2-6-10-12;1-3-5-4-2;/h2*1-10H;3-4H2,1-2H3;/q3*-1;+3. The molecule has 0 amide bonds. The average molecular weight is 469 g/mol. The maximum atomic E-state index is 2.64. The molecule has 0 aliphatic rings. The van der Waals surface area contributed by atoms with Crippen molar-refractivity contribution in [3.05, 3.63) is 121 Å². The molecule has 32 heavy (non-hydrogen) atoms. The van der Waals surface area contributed by atoms with Crippen molar-refractivity contribution in [1.29, 1.82) is 0 Å². The summed E-state index contributed by atoms with van der Waals surface area (Å²) in [6.45, 7) is 6.52. The fourth-order valence-electron chi connectivity index (χ4n) is 2.53. The molecule has 0 heterocycles. The third-order valence-electron chi connectivity index (χ3n) is 4.35. The van der Waals surface area contributed by atoms with Crippen molar-refractivity contribution in [2.45, 2.75) is 13.8 Å². The van der Waals surface area contributed by atoms with Crippen molar-refractivity contribution in [3.8, 4) is 0 Å². The SMILES string of the molecule is CC[N]([Al+2])CC.c1ccc([P-]c2ccccc2)cc1.c1ccc([P-]c2ccccc2)cc1. The second-order valence-corrected chi connectivity index (χ2v) is 10.0. The molecule has 4 rings (SSSR count). The normalized spacial score (nSPS) is 9.91. The zero-order chi connectivity index (χ0) is 22.9. The fourth-order valence-corrected chi connectivity index (χ4v) is 4.41. The minimum absolute atomic E-state index is 1.13. The van der Waals surface area contributed by atoms with E-state index in [1.54, 1.807) is 0 Å². The summed E-state index contributed by atoms with van der Waals surface area (Å²) in [5, 5.41) is 5.37. The predicted octanol–water partition coefficient (Wildman–Crippen LogP) is 5.58. The Morgan fingerprint density at radius 3 is 0.844 bits per heavy atom. The molecule has 4 aromatic carbocycles. The van der Waals surface area contributed by atoms with Crippen LogP contribution in [0.25, 0.3) is 0 Å². The van der Waals surface area contributed by atoms with E-state index in [0.29, 0.717) is 0 Å². The van der Waals surface area contributed by atoms with Crippen LogP contribution in [0, 0.1) is 0 Å². The first-order valence-electron chi connectivity index (χ1n) is 10.8. The van der Waals surface area contributed by atoms with Gasteiger partial charge in [-0.3, -0.25) is 0 Å². The Labute approximate surface area is 206 Å². The maximum absolute atomic E-state index is 2.64. The van der Waals surface area contributed by atoms with Gasteiger partial charge in [-0.05, 0) is 0 Å². The first kappa shape index (κ1) is 26.5. The Balaban J connectivity index is 0.000000183. The summed E-state index contributed by atoms with van der Waals surface area (Å²) in [4.78, 5) is 0. The number of nitrogens with zero attached hydrogens (tertiary/aromatic N) is 1. The average Bonchev–Trinajstić information content (AvgIpc) is 2.87. The van der Waals surface area contributed by atoms with E-state index in [-0.39, 0.29) is 0 Å². The van der Waals surface area contributed by atoms with Gasteiger partial charge in [0.1, 0.15) is 0 Å². The monoisotopic (exact) mass is 469 g/mol. The van der Waals surface area contributed by atoms with Crippen LogP contribution in [0.15, 0.2) is 121 Å². The van der Waals surface area contributed by atoms with E-state index < -0.39 is 0 Å². The third kappa shape index (κ3) is 11.7. The van der Waals surface area contributed by atoms with E-state index >= 15 is 0 Å². The molecule has 0 atom stereocenters. The van der Waals surface area contributed by atoms with E-state index in [2.05, 4.69) is 131 Å². The van der Waals surface area contributed by atoms with Crippen LogP contribution in [-0.2, 0) is 0 Å². The second kappa shape index (κ2) is 16.8. The van der Waals surface area contributed by atoms with Crippen LogP contribution in [0.2, 0.25) is 0 Å². The molecule has 0 aromatic heterocycles. The maximum Gasteiger partial charge on any atom is -0.0624 e. The van der Waals surface area contributed by atoms with E-state index in [9.17, 15) is 0 Å². The Bertz CT molecular complexity index is 796. The minimum Gasteiger partial charge on any atom is -0.472 e. The molecule has 4 aromatic rings. The first-order valence-corrected chi connectivity index (χ1v) is 13.1. The predicted molar refractivity (Wildman–Crippen MR) is 147 cm³/mol. The van der Waals surface area contributed by atoms with Crippen LogP contribution in [0.4, 0.5) is 0 Å². The molecular weight excluding hydrogens is 439 g/mol. The van der Waals surface area contributed by atoms with Crippen LogP contribution < -0.4 is 21.2 Å². The van der Waals surface area contributed by atoms with Gasteiger partial charge in [-0.25, -0.2) is 21.2 Å². The largest absolute Gasteiger partial charge is 0.472 e. The van der Waals surface area contributed by atoms with Gasteiger partial charge in [0, 0.05) is 0 Å². The van der Waals surface area contributed by atoms with Crippen LogP contribution >= 0.6 is 17.2 Å². The Hall–Kier alpha value is -1.77. The molecule has 0 spiro atoms. The van der Waals surface area contributed by atoms with Gasteiger partial charge < -0.3 is 17.2 Å². The molecule has 0 saturated heterocycles. The number of benzene rings is 4. The van der Waals surface area contributed by atoms with Crippen LogP contribution in [0.5, 0.6) is 0 Å². The van der Waals surface area contributed by atoms with E-state index in [1.165, 1.54) is 38.4 Å².